The zero-order valence-corrected chi connectivity index (χ0v) is 15.3. The fraction of sp³-hybridized carbons (Fsp3) is 0.476. The van der Waals surface area contributed by atoms with Crippen molar-refractivity contribution in [2.24, 2.45) is 4.99 Å². The van der Waals surface area contributed by atoms with Crippen LogP contribution in [-0.4, -0.2) is 24.0 Å². The van der Waals surface area contributed by atoms with Crippen LogP contribution in [0.2, 0.25) is 0 Å². The lowest BCUT2D eigenvalue weighted by Gasteiger charge is -2.19. The number of rotatable bonds is 5. The minimum Gasteiger partial charge on any atom is -0.516 e. The highest BCUT2D eigenvalue weighted by atomic mass is 16.5. The summed E-state index contributed by atoms with van der Waals surface area (Å²) < 4.78 is 5.72. The topological polar surface area (TPSA) is 41.8 Å². The predicted octanol–water partition coefficient (Wildman–Crippen LogP) is 5.06. The van der Waals surface area contributed by atoms with Gasteiger partial charge in [-0.15, -0.1) is 0 Å². The van der Waals surface area contributed by atoms with E-state index in [1.165, 1.54) is 34.2 Å². The van der Waals surface area contributed by atoms with Crippen LogP contribution in [0.15, 0.2) is 35.2 Å². The third-order valence-corrected chi connectivity index (χ3v) is 4.87. The van der Waals surface area contributed by atoms with Gasteiger partial charge in [-0.05, 0) is 86.9 Å². The van der Waals surface area contributed by atoms with Gasteiger partial charge >= 0.3 is 0 Å². The molecule has 1 heterocycles. The molecule has 1 atom stereocenters. The van der Waals surface area contributed by atoms with Gasteiger partial charge in [0.15, 0.2) is 0 Å². The summed E-state index contributed by atoms with van der Waals surface area (Å²) in [5, 5.41) is 8.99. The zero-order valence-electron chi connectivity index (χ0n) is 15.3. The molecule has 3 heteroatoms. The quantitative estimate of drug-likeness (QED) is 0.467. The molecule has 1 aliphatic heterocycles. The first kappa shape index (κ1) is 18.5. The van der Waals surface area contributed by atoms with E-state index in [9.17, 15) is 0 Å². The predicted molar refractivity (Wildman–Crippen MR) is 101 cm³/mol. The molecule has 0 aromatic heterocycles. The highest BCUT2D eigenvalue weighted by molar-refractivity contribution is 5.65. The maximum atomic E-state index is 8.99. The summed E-state index contributed by atoms with van der Waals surface area (Å²) in [6.45, 7) is 9.48. The van der Waals surface area contributed by atoms with Crippen molar-refractivity contribution in [3.63, 3.8) is 0 Å². The van der Waals surface area contributed by atoms with Gasteiger partial charge in [0.2, 0.25) is 0 Å². The Hall–Kier alpha value is -1.87. The van der Waals surface area contributed by atoms with E-state index in [0.717, 1.165) is 37.8 Å². The zero-order chi connectivity index (χ0) is 17.5. The first-order valence-corrected chi connectivity index (χ1v) is 8.75. The number of benzene rings is 1. The Morgan fingerprint density at radius 2 is 2.00 bits per heavy atom. The molecule has 1 aromatic carbocycles. The van der Waals surface area contributed by atoms with Crippen LogP contribution in [-0.2, 0) is 11.2 Å². The second kappa shape index (κ2) is 8.84. The lowest BCUT2D eigenvalue weighted by atomic mass is 9.91. The molecule has 0 spiro atoms. The van der Waals surface area contributed by atoms with Crippen LogP contribution in [0.25, 0.3) is 0 Å². The lowest BCUT2D eigenvalue weighted by molar-refractivity contribution is 0.0615. The fourth-order valence-electron chi connectivity index (χ4n) is 3.15. The fourth-order valence-corrected chi connectivity index (χ4v) is 3.15. The van der Waals surface area contributed by atoms with E-state index in [1.807, 2.05) is 12.3 Å². The first-order chi connectivity index (χ1) is 11.5. The van der Waals surface area contributed by atoms with Crippen molar-refractivity contribution in [3.05, 3.63) is 58.0 Å². The van der Waals surface area contributed by atoms with Gasteiger partial charge in [0.25, 0.3) is 0 Å². The summed E-state index contributed by atoms with van der Waals surface area (Å²) in [6.07, 6.45) is 10.7. The minimum absolute atomic E-state index is 0.113. The number of allylic oxidation sites excluding steroid dienone is 3. The summed E-state index contributed by atoms with van der Waals surface area (Å²) in [4.78, 5) is 4.66. The second-order valence-corrected chi connectivity index (χ2v) is 6.60. The molecule has 1 N–H and O–H groups in total. The molecule has 1 aliphatic rings. The highest BCUT2D eigenvalue weighted by Gasteiger charge is 2.12. The normalized spacial score (nSPS) is 19.5. The van der Waals surface area contributed by atoms with E-state index >= 15 is 0 Å². The number of ether oxygens (including phenoxy) is 1. The monoisotopic (exact) mass is 327 g/mol. The minimum atomic E-state index is 0.113. The van der Waals surface area contributed by atoms with Gasteiger partial charge in [0.05, 0.1) is 12.4 Å². The number of nitrogens with zero attached hydrogens (tertiary/aromatic N) is 1. The Morgan fingerprint density at radius 3 is 2.67 bits per heavy atom. The molecule has 24 heavy (non-hydrogen) atoms. The van der Waals surface area contributed by atoms with E-state index in [2.05, 4.69) is 38.8 Å². The second-order valence-electron chi connectivity index (χ2n) is 6.60. The molecule has 1 saturated heterocycles. The van der Waals surface area contributed by atoms with Crippen molar-refractivity contribution in [1.29, 1.82) is 0 Å². The van der Waals surface area contributed by atoms with Crippen molar-refractivity contribution in [1.82, 2.24) is 0 Å². The number of hydrogen-bond acceptors (Lipinski definition) is 3. The number of aliphatic hydroxyl groups excluding tert-OH is 1. The molecule has 2 rings (SSSR count). The Labute approximate surface area is 145 Å². The molecule has 130 valence electrons. The van der Waals surface area contributed by atoms with Gasteiger partial charge in [0, 0.05) is 24.9 Å². The van der Waals surface area contributed by atoms with Crippen LogP contribution in [0.1, 0.15) is 47.1 Å². The van der Waals surface area contributed by atoms with Gasteiger partial charge in [-0.25, -0.2) is 0 Å². The Morgan fingerprint density at radius 1 is 1.21 bits per heavy atom. The van der Waals surface area contributed by atoms with Gasteiger partial charge in [-0.2, -0.15) is 0 Å². The Balaban J connectivity index is 2.23. The summed E-state index contributed by atoms with van der Waals surface area (Å²) in [6, 6.07) is 2.24. The summed E-state index contributed by atoms with van der Waals surface area (Å²) in [5.74, 6) is 0. The standard InChI is InChI=1S/C21H29NO2/c1-15-12-16(2)21(18(4)17(15)3)13-19(8-7-10-23)22-14-20-9-5-6-11-24-20/h7-8,10,12,14,20,23H,5-6,9,11,13H2,1-4H3/b10-7+,19-8-,22-14?. The van der Waals surface area contributed by atoms with Crippen LogP contribution in [0, 0.1) is 27.7 Å². The average molecular weight is 327 g/mol. The molecule has 1 aromatic rings. The number of aliphatic imine (C=N–C) groups is 1. The smallest absolute Gasteiger partial charge is 0.0926 e. The van der Waals surface area contributed by atoms with Gasteiger partial charge in [-0.1, -0.05) is 6.07 Å². The largest absolute Gasteiger partial charge is 0.516 e. The lowest BCUT2D eigenvalue weighted by Crippen LogP contribution is -2.20. The maximum Gasteiger partial charge on any atom is 0.0926 e. The van der Waals surface area contributed by atoms with E-state index in [0.29, 0.717) is 0 Å². The third kappa shape index (κ3) is 4.81. The van der Waals surface area contributed by atoms with Gasteiger partial charge in [0.1, 0.15) is 0 Å². The van der Waals surface area contributed by atoms with Gasteiger partial charge < -0.3 is 9.84 Å². The van der Waals surface area contributed by atoms with Crippen molar-refractivity contribution in [2.75, 3.05) is 6.61 Å². The summed E-state index contributed by atoms with van der Waals surface area (Å²) in [5.41, 5.74) is 7.54. The third-order valence-electron chi connectivity index (χ3n) is 4.87. The molecule has 0 aliphatic carbocycles. The molecule has 0 bridgehead atoms. The summed E-state index contributed by atoms with van der Waals surface area (Å²) in [7, 11) is 0. The molecule has 0 amide bonds. The van der Waals surface area contributed by atoms with E-state index in [4.69, 9.17) is 9.84 Å². The van der Waals surface area contributed by atoms with Crippen molar-refractivity contribution in [3.8, 4) is 0 Å². The van der Waals surface area contributed by atoms with E-state index in [1.54, 1.807) is 6.08 Å². The van der Waals surface area contributed by atoms with Crippen LogP contribution in [0.4, 0.5) is 0 Å². The van der Waals surface area contributed by atoms with Crippen molar-refractivity contribution < 1.29 is 9.84 Å². The van der Waals surface area contributed by atoms with Crippen molar-refractivity contribution in [2.45, 2.75) is 59.5 Å². The van der Waals surface area contributed by atoms with Crippen LogP contribution >= 0.6 is 0 Å². The first-order valence-electron chi connectivity index (χ1n) is 8.75. The molecule has 1 unspecified atom stereocenters. The molecular formula is C21H29NO2. The van der Waals surface area contributed by atoms with Crippen molar-refractivity contribution >= 4 is 6.21 Å². The number of aliphatic hydroxyl groups is 1. The Bertz CT molecular complexity index is 650. The van der Waals surface area contributed by atoms with Gasteiger partial charge in [-0.3, -0.25) is 4.99 Å². The van der Waals surface area contributed by atoms with Crippen LogP contribution in [0.5, 0.6) is 0 Å². The van der Waals surface area contributed by atoms with Crippen LogP contribution in [0.3, 0.4) is 0 Å². The molecule has 3 nitrogen and oxygen atoms in total. The van der Waals surface area contributed by atoms with E-state index < -0.39 is 0 Å². The summed E-state index contributed by atoms with van der Waals surface area (Å²) >= 11 is 0. The molecule has 1 fully saturated rings. The SMILES string of the molecule is Cc1cc(C)c(C/C(=C/C=C/O)N=CC2CCCCO2)c(C)c1C. The molecular weight excluding hydrogens is 298 g/mol. The number of aryl methyl sites for hydroxylation is 2. The maximum absolute atomic E-state index is 8.99. The number of hydrogen-bond donors (Lipinski definition) is 1. The molecule has 0 saturated carbocycles. The average Bonchev–Trinajstić information content (AvgIpc) is 2.59. The Kier molecular flexibility index (Phi) is 6.80. The molecule has 0 radical (unpaired) electrons. The highest BCUT2D eigenvalue weighted by Crippen LogP contribution is 2.24. The van der Waals surface area contributed by atoms with E-state index in [-0.39, 0.29) is 6.10 Å². The van der Waals surface area contributed by atoms with Crippen LogP contribution < -0.4 is 0 Å².